The second kappa shape index (κ2) is 9.94. The minimum Gasteiger partial charge on any atom is -0.489 e. The van der Waals surface area contributed by atoms with Gasteiger partial charge in [0.1, 0.15) is 12.4 Å². The molecule has 3 aromatic carbocycles. The summed E-state index contributed by atoms with van der Waals surface area (Å²) in [6, 6.07) is 21.2. The van der Waals surface area contributed by atoms with E-state index in [0.717, 1.165) is 5.56 Å². The van der Waals surface area contributed by atoms with Crippen LogP contribution in [0.25, 0.3) is 0 Å². The SMILES string of the molecule is CC(C)NC(=O)c1ccccc1NC(=O)c1cccc(OCc2ccccc2Cl)c1. The Morgan fingerprint density at radius 3 is 2.43 bits per heavy atom. The molecule has 0 spiro atoms. The second-order valence-electron chi connectivity index (χ2n) is 7.04. The minimum absolute atomic E-state index is 0.00629. The van der Waals surface area contributed by atoms with Gasteiger partial charge in [0.2, 0.25) is 0 Å². The Morgan fingerprint density at radius 2 is 1.67 bits per heavy atom. The zero-order valence-corrected chi connectivity index (χ0v) is 17.6. The summed E-state index contributed by atoms with van der Waals surface area (Å²) in [4.78, 5) is 25.2. The molecule has 0 bridgehead atoms. The van der Waals surface area contributed by atoms with Crippen molar-refractivity contribution in [3.05, 3.63) is 94.5 Å². The third kappa shape index (κ3) is 5.61. The number of hydrogen-bond donors (Lipinski definition) is 2. The zero-order chi connectivity index (χ0) is 21.5. The van der Waals surface area contributed by atoms with Crippen molar-refractivity contribution < 1.29 is 14.3 Å². The van der Waals surface area contributed by atoms with E-state index in [1.165, 1.54) is 0 Å². The quantitative estimate of drug-likeness (QED) is 0.542. The van der Waals surface area contributed by atoms with E-state index in [0.29, 0.717) is 34.2 Å². The molecule has 0 aliphatic carbocycles. The molecule has 0 aliphatic rings. The van der Waals surface area contributed by atoms with Crippen molar-refractivity contribution >= 4 is 29.1 Å². The lowest BCUT2D eigenvalue weighted by Crippen LogP contribution is -2.31. The number of para-hydroxylation sites is 1. The summed E-state index contributed by atoms with van der Waals surface area (Å²) in [7, 11) is 0. The van der Waals surface area contributed by atoms with Gasteiger partial charge < -0.3 is 15.4 Å². The lowest BCUT2D eigenvalue weighted by molar-refractivity contribution is 0.0944. The maximum absolute atomic E-state index is 12.8. The van der Waals surface area contributed by atoms with Crippen molar-refractivity contribution in [3.63, 3.8) is 0 Å². The summed E-state index contributed by atoms with van der Waals surface area (Å²) >= 11 is 6.16. The first-order valence-electron chi connectivity index (χ1n) is 9.61. The standard InChI is InChI=1S/C24H23ClN2O3/c1-16(2)26-24(29)20-11-4-6-13-22(20)27-23(28)17-9-7-10-19(14-17)30-15-18-8-3-5-12-21(18)25/h3-14,16H,15H2,1-2H3,(H,26,29)(H,27,28). The second-order valence-corrected chi connectivity index (χ2v) is 7.44. The summed E-state index contributed by atoms with van der Waals surface area (Å²) in [6.07, 6.45) is 0. The van der Waals surface area contributed by atoms with E-state index in [4.69, 9.17) is 16.3 Å². The topological polar surface area (TPSA) is 67.4 Å². The van der Waals surface area contributed by atoms with Gasteiger partial charge >= 0.3 is 0 Å². The van der Waals surface area contributed by atoms with Crippen molar-refractivity contribution in [2.75, 3.05) is 5.32 Å². The molecule has 30 heavy (non-hydrogen) atoms. The molecule has 2 amide bonds. The number of benzene rings is 3. The van der Waals surface area contributed by atoms with Crippen LogP contribution in [-0.4, -0.2) is 17.9 Å². The summed E-state index contributed by atoms with van der Waals surface area (Å²) in [6.45, 7) is 4.06. The van der Waals surface area contributed by atoms with Crippen molar-refractivity contribution in [2.45, 2.75) is 26.5 Å². The van der Waals surface area contributed by atoms with Gasteiger partial charge in [0.25, 0.3) is 11.8 Å². The van der Waals surface area contributed by atoms with Crippen LogP contribution in [0.4, 0.5) is 5.69 Å². The van der Waals surface area contributed by atoms with E-state index in [1.54, 1.807) is 54.6 Å². The van der Waals surface area contributed by atoms with Crippen molar-refractivity contribution in [2.24, 2.45) is 0 Å². The van der Waals surface area contributed by atoms with Crippen LogP contribution in [-0.2, 0) is 6.61 Å². The fourth-order valence-electron chi connectivity index (χ4n) is 2.83. The van der Waals surface area contributed by atoms with Gasteiger partial charge in [-0.15, -0.1) is 0 Å². The highest BCUT2D eigenvalue weighted by atomic mass is 35.5. The molecule has 154 valence electrons. The fourth-order valence-corrected chi connectivity index (χ4v) is 3.02. The Balaban J connectivity index is 1.72. The number of halogens is 1. The van der Waals surface area contributed by atoms with E-state index >= 15 is 0 Å². The molecule has 0 heterocycles. The van der Waals surface area contributed by atoms with Gasteiger partial charge in [-0.3, -0.25) is 9.59 Å². The third-order valence-electron chi connectivity index (χ3n) is 4.29. The molecule has 3 rings (SSSR count). The van der Waals surface area contributed by atoms with Crippen LogP contribution in [0.1, 0.15) is 40.1 Å². The number of carbonyl (C=O) groups is 2. The molecule has 0 saturated heterocycles. The minimum atomic E-state index is -0.331. The van der Waals surface area contributed by atoms with Gasteiger partial charge in [-0.1, -0.05) is 48.0 Å². The summed E-state index contributed by atoms with van der Waals surface area (Å²) in [5.74, 6) is -0.0193. The molecule has 0 fully saturated rings. The van der Waals surface area contributed by atoms with E-state index in [1.807, 2.05) is 32.0 Å². The van der Waals surface area contributed by atoms with Gasteiger partial charge in [-0.25, -0.2) is 0 Å². The van der Waals surface area contributed by atoms with Crippen LogP contribution in [0.5, 0.6) is 5.75 Å². The van der Waals surface area contributed by atoms with E-state index in [9.17, 15) is 9.59 Å². The molecule has 6 heteroatoms. The Morgan fingerprint density at radius 1 is 0.933 bits per heavy atom. The number of nitrogens with one attached hydrogen (secondary N) is 2. The molecule has 0 saturated carbocycles. The average molecular weight is 423 g/mol. The van der Waals surface area contributed by atoms with Crippen LogP contribution in [0.3, 0.4) is 0 Å². The maximum atomic E-state index is 12.8. The van der Waals surface area contributed by atoms with E-state index < -0.39 is 0 Å². The summed E-state index contributed by atoms with van der Waals surface area (Å²) in [5.41, 5.74) is 2.14. The van der Waals surface area contributed by atoms with Gasteiger partial charge in [0, 0.05) is 22.2 Å². The van der Waals surface area contributed by atoms with Crippen molar-refractivity contribution in [1.29, 1.82) is 0 Å². The summed E-state index contributed by atoms with van der Waals surface area (Å²) < 4.78 is 5.79. The first-order chi connectivity index (χ1) is 14.4. The normalized spacial score (nSPS) is 10.5. The largest absolute Gasteiger partial charge is 0.489 e. The molecule has 0 aliphatic heterocycles. The fraction of sp³-hybridized carbons (Fsp3) is 0.167. The molecule has 0 radical (unpaired) electrons. The number of amides is 2. The van der Waals surface area contributed by atoms with Crippen molar-refractivity contribution in [1.82, 2.24) is 5.32 Å². The highest BCUT2D eigenvalue weighted by Gasteiger charge is 2.15. The number of ether oxygens (including phenoxy) is 1. The van der Waals surface area contributed by atoms with Gasteiger partial charge in [-0.05, 0) is 50.2 Å². The predicted octanol–water partition coefficient (Wildman–Crippen LogP) is 5.31. The average Bonchev–Trinajstić information content (AvgIpc) is 2.73. The van der Waals surface area contributed by atoms with Crippen LogP contribution in [0.15, 0.2) is 72.8 Å². The van der Waals surface area contributed by atoms with Gasteiger partial charge in [0.05, 0.1) is 11.3 Å². The highest BCUT2D eigenvalue weighted by molar-refractivity contribution is 6.31. The maximum Gasteiger partial charge on any atom is 0.255 e. The monoisotopic (exact) mass is 422 g/mol. The molecule has 0 atom stereocenters. The molecule has 0 unspecified atom stereocenters. The number of rotatable bonds is 7. The van der Waals surface area contributed by atoms with Crippen molar-refractivity contribution in [3.8, 4) is 5.75 Å². The number of hydrogen-bond acceptors (Lipinski definition) is 3. The first kappa shape index (κ1) is 21.4. The first-order valence-corrected chi connectivity index (χ1v) is 9.99. The number of anilines is 1. The lowest BCUT2D eigenvalue weighted by Gasteiger charge is -2.13. The summed E-state index contributed by atoms with van der Waals surface area (Å²) in [5, 5.41) is 6.28. The molecule has 0 aromatic heterocycles. The highest BCUT2D eigenvalue weighted by Crippen LogP contribution is 2.21. The smallest absolute Gasteiger partial charge is 0.255 e. The predicted molar refractivity (Wildman–Crippen MR) is 119 cm³/mol. The molecule has 3 aromatic rings. The van der Waals surface area contributed by atoms with Crippen LogP contribution < -0.4 is 15.4 Å². The Hall–Kier alpha value is -3.31. The van der Waals surface area contributed by atoms with Gasteiger partial charge in [-0.2, -0.15) is 0 Å². The molecular weight excluding hydrogens is 400 g/mol. The lowest BCUT2D eigenvalue weighted by atomic mass is 10.1. The Labute approximate surface area is 181 Å². The molecular formula is C24H23ClN2O3. The molecule has 2 N–H and O–H groups in total. The van der Waals surface area contributed by atoms with Crippen LogP contribution in [0.2, 0.25) is 5.02 Å². The third-order valence-corrected chi connectivity index (χ3v) is 4.66. The zero-order valence-electron chi connectivity index (χ0n) is 16.8. The van der Waals surface area contributed by atoms with Gasteiger partial charge in [0.15, 0.2) is 0 Å². The Kier molecular flexibility index (Phi) is 7.09. The van der Waals surface area contributed by atoms with E-state index in [2.05, 4.69) is 10.6 Å². The molecule has 5 nitrogen and oxygen atoms in total. The van der Waals surface area contributed by atoms with Crippen LogP contribution >= 0.6 is 11.6 Å². The van der Waals surface area contributed by atoms with E-state index in [-0.39, 0.29) is 17.9 Å². The Bertz CT molecular complexity index is 1050. The number of carbonyl (C=O) groups excluding carboxylic acids is 2. The van der Waals surface area contributed by atoms with Crippen LogP contribution in [0, 0.1) is 0 Å².